The van der Waals surface area contributed by atoms with E-state index in [0.29, 0.717) is 17.9 Å². The van der Waals surface area contributed by atoms with Gasteiger partial charge in [-0.2, -0.15) is 5.10 Å². The third kappa shape index (κ3) is 2.81. The highest BCUT2D eigenvalue weighted by Crippen LogP contribution is 2.15. The molecule has 1 aromatic carbocycles. The quantitative estimate of drug-likeness (QED) is 0.678. The lowest BCUT2D eigenvalue weighted by atomic mass is 10.1. The Morgan fingerprint density at radius 2 is 2.19 bits per heavy atom. The molecule has 0 unspecified atom stereocenters. The normalized spacial score (nSPS) is 14.9. The maximum absolute atomic E-state index is 12.4. The summed E-state index contributed by atoms with van der Waals surface area (Å²) in [5.41, 5.74) is 9.09. The molecule has 0 saturated carbocycles. The van der Waals surface area contributed by atoms with Gasteiger partial charge in [0.2, 0.25) is 0 Å². The summed E-state index contributed by atoms with van der Waals surface area (Å²) >= 11 is 0. The number of anilines is 1. The summed E-state index contributed by atoms with van der Waals surface area (Å²) in [6, 6.07) is 9.17. The SMILES string of the molecule is CC1=CCN(C(=O)c2ccn(-c3cccc(N)c3)n2)CC1. The zero-order valence-electron chi connectivity index (χ0n) is 12.0. The summed E-state index contributed by atoms with van der Waals surface area (Å²) in [4.78, 5) is 14.2. The first-order valence-corrected chi connectivity index (χ1v) is 7.00. The molecular formula is C16H18N4O. The van der Waals surface area contributed by atoms with E-state index in [0.717, 1.165) is 18.7 Å². The van der Waals surface area contributed by atoms with Crippen molar-refractivity contribution in [3.05, 3.63) is 53.9 Å². The van der Waals surface area contributed by atoms with Crippen LogP contribution in [0.5, 0.6) is 0 Å². The smallest absolute Gasteiger partial charge is 0.274 e. The number of carbonyl (C=O) groups is 1. The maximum atomic E-state index is 12.4. The van der Waals surface area contributed by atoms with Crippen LogP contribution in [0, 0.1) is 0 Å². The van der Waals surface area contributed by atoms with Crippen LogP contribution in [0.2, 0.25) is 0 Å². The molecule has 1 amide bonds. The van der Waals surface area contributed by atoms with Crippen LogP contribution in [-0.4, -0.2) is 33.7 Å². The van der Waals surface area contributed by atoms with Crippen molar-refractivity contribution in [1.82, 2.24) is 14.7 Å². The van der Waals surface area contributed by atoms with Crippen LogP contribution in [0.15, 0.2) is 48.2 Å². The van der Waals surface area contributed by atoms with E-state index in [4.69, 9.17) is 5.73 Å². The van der Waals surface area contributed by atoms with Gasteiger partial charge in [0.05, 0.1) is 5.69 Å². The number of aromatic nitrogens is 2. The lowest BCUT2D eigenvalue weighted by Gasteiger charge is -2.24. The Morgan fingerprint density at radius 3 is 2.90 bits per heavy atom. The van der Waals surface area contributed by atoms with Gasteiger partial charge in [-0.1, -0.05) is 17.7 Å². The predicted molar refractivity (Wildman–Crippen MR) is 82.3 cm³/mol. The van der Waals surface area contributed by atoms with Crippen LogP contribution < -0.4 is 5.73 Å². The molecule has 0 saturated heterocycles. The maximum Gasteiger partial charge on any atom is 0.274 e. The Morgan fingerprint density at radius 1 is 1.33 bits per heavy atom. The molecule has 108 valence electrons. The molecule has 5 heteroatoms. The third-order valence-corrected chi connectivity index (χ3v) is 3.67. The van der Waals surface area contributed by atoms with Gasteiger partial charge in [-0.25, -0.2) is 4.68 Å². The summed E-state index contributed by atoms with van der Waals surface area (Å²) in [6.45, 7) is 3.51. The zero-order valence-corrected chi connectivity index (χ0v) is 12.0. The van der Waals surface area contributed by atoms with Crippen molar-refractivity contribution in [3.63, 3.8) is 0 Å². The average Bonchev–Trinajstić information content (AvgIpc) is 2.97. The summed E-state index contributed by atoms with van der Waals surface area (Å²) in [5, 5.41) is 4.36. The molecule has 0 atom stereocenters. The number of amides is 1. The van der Waals surface area contributed by atoms with Gasteiger partial charge in [0, 0.05) is 25.0 Å². The molecule has 2 N–H and O–H groups in total. The number of rotatable bonds is 2. The van der Waals surface area contributed by atoms with Crippen LogP contribution in [0.3, 0.4) is 0 Å². The van der Waals surface area contributed by atoms with Crippen LogP contribution in [-0.2, 0) is 0 Å². The lowest BCUT2D eigenvalue weighted by molar-refractivity contribution is 0.0762. The first-order valence-electron chi connectivity index (χ1n) is 7.00. The van der Waals surface area contributed by atoms with Gasteiger partial charge in [-0.3, -0.25) is 4.79 Å². The number of hydrogen-bond donors (Lipinski definition) is 1. The van der Waals surface area contributed by atoms with E-state index >= 15 is 0 Å². The third-order valence-electron chi connectivity index (χ3n) is 3.67. The minimum absolute atomic E-state index is 0.0265. The Labute approximate surface area is 123 Å². The standard InChI is InChI=1S/C16H18N4O/c1-12-5-8-19(9-6-12)16(21)15-7-10-20(18-15)14-4-2-3-13(17)11-14/h2-5,7,10-11H,6,8-9,17H2,1H3. The van der Waals surface area contributed by atoms with Crippen molar-refractivity contribution in [3.8, 4) is 5.69 Å². The fourth-order valence-electron chi connectivity index (χ4n) is 2.37. The number of nitrogens with two attached hydrogens (primary N) is 1. The van der Waals surface area contributed by atoms with E-state index in [1.165, 1.54) is 5.57 Å². The van der Waals surface area contributed by atoms with Crippen molar-refractivity contribution in [2.75, 3.05) is 18.8 Å². The molecule has 0 radical (unpaired) electrons. The molecule has 1 aliphatic heterocycles. The highest BCUT2D eigenvalue weighted by molar-refractivity contribution is 5.92. The number of benzene rings is 1. The van der Waals surface area contributed by atoms with Crippen LogP contribution >= 0.6 is 0 Å². The van der Waals surface area contributed by atoms with E-state index in [9.17, 15) is 4.79 Å². The summed E-state index contributed by atoms with van der Waals surface area (Å²) in [7, 11) is 0. The topological polar surface area (TPSA) is 64.2 Å². The lowest BCUT2D eigenvalue weighted by Crippen LogP contribution is -2.34. The van der Waals surface area contributed by atoms with Gasteiger partial charge in [-0.05, 0) is 37.6 Å². The molecule has 2 heterocycles. The Balaban J connectivity index is 1.80. The van der Waals surface area contributed by atoms with Crippen LogP contribution in [0.25, 0.3) is 5.69 Å². The van der Waals surface area contributed by atoms with Gasteiger partial charge in [0.1, 0.15) is 0 Å². The van der Waals surface area contributed by atoms with Crippen molar-refractivity contribution >= 4 is 11.6 Å². The molecule has 0 fully saturated rings. The summed E-state index contributed by atoms with van der Waals surface area (Å²) < 4.78 is 1.68. The Kier molecular flexibility index (Phi) is 3.48. The second-order valence-corrected chi connectivity index (χ2v) is 5.29. The highest BCUT2D eigenvalue weighted by Gasteiger charge is 2.19. The molecule has 21 heavy (non-hydrogen) atoms. The Bertz CT molecular complexity index is 702. The molecule has 3 rings (SSSR count). The molecule has 0 bridgehead atoms. The molecule has 0 aliphatic carbocycles. The molecule has 1 aliphatic rings. The largest absolute Gasteiger partial charge is 0.399 e. The van der Waals surface area contributed by atoms with Gasteiger partial charge in [0.15, 0.2) is 5.69 Å². The van der Waals surface area contributed by atoms with Crippen molar-refractivity contribution in [2.45, 2.75) is 13.3 Å². The number of carbonyl (C=O) groups excluding carboxylic acids is 1. The Hall–Kier alpha value is -2.56. The number of nitrogens with zero attached hydrogens (tertiary/aromatic N) is 3. The van der Waals surface area contributed by atoms with E-state index in [1.54, 1.807) is 16.9 Å². The van der Waals surface area contributed by atoms with Crippen molar-refractivity contribution < 1.29 is 4.79 Å². The summed E-state index contributed by atoms with van der Waals surface area (Å²) in [6.07, 6.45) is 4.81. The van der Waals surface area contributed by atoms with Gasteiger partial charge < -0.3 is 10.6 Å². The zero-order chi connectivity index (χ0) is 14.8. The summed E-state index contributed by atoms with van der Waals surface area (Å²) in [5.74, 6) is -0.0265. The second kappa shape index (κ2) is 5.44. The van der Waals surface area contributed by atoms with E-state index < -0.39 is 0 Å². The minimum atomic E-state index is -0.0265. The molecule has 5 nitrogen and oxygen atoms in total. The minimum Gasteiger partial charge on any atom is -0.399 e. The first kappa shape index (κ1) is 13.4. The monoisotopic (exact) mass is 282 g/mol. The molecule has 1 aromatic heterocycles. The fraction of sp³-hybridized carbons (Fsp3) is 0.250. The predicted octanol–water partition coefficient (Wildman–Crippen LogP) is 2.25. The first-order chi connectivity index (χ1) is 10.1. The van der Waals surface area contributed by atoms with Gasteiger partial charge in [0.25, 0.3) is 5.91 Å². The van der Waals surface area contributed by atoms with Crippen LogP contribution in [0.4, 0.5) is 5.69 Å². The molecular weight excluding hydrogens is 264 g/mol. The van der Waals surface area contributed by atoms with Crippen molar-refractivity contribution in [1.29, 1.82) is 0 Å². The van der Waals surface area contributed by atoms with Gasteiger partial charge >= 0.3 is 0 Å². The van der Waals surface area contributed by atoms with Crippen LogP contribution in [0.1, 0.15) is 23.8 Å². The van der Waals surface area contributed by atoms with E-state index in [-0.39, 0.29) is 5.91 Å². The number of nitrogen functional groups attached to an aromatic ring is 1. The van der Waals surface area contributed by atoms with Gasteiger partial charge in [-0.15, -0.1) is 0 Å². The number of hydrogen-bond acceptors (Lipinski definition) is 3. The highest BCUT2D eigenvalue weighted by atomic mass is 16.2. The molecule has 0 spiro atoms. The fourth-order valence-corrected chi connectivity index (χ4v) is 2.37. The van der Waals surface area contributed by atoms with E-state index in [2.05, 4.69) is 18.1 Å². The molecule has 2 aromatic rings. The van der Waals surface area contributed by atoms with Crippen molar-refractivity contribution in [2.24, 2.45) is 0 Å². The second-order valence-electron chi connectivity index (χ2n) is 5.29. The van der Waals surface area contributed by atoms with E-state index in [1.807, 2.05) is 29.2 Å². The average molecular weight is 282 g/mol.